The Hall–Kier alpha value is -2.37. The first-order chi connectivity index (χ1) is 14.2. The van der Waals surface area contributed by atoms with Gasteiger partial charge in [0, 0.05) is 51.1 Å². The molecule has 3 rings (SSSR count). The molecule has 0 atom stereocenters. The van der Waals surface area contributed by atoms with E-state index in [2.05, 4.69) is 46.3 Å². The summed E-state index contributed by atoms with van der Waals surface area (Å²) in [5.74, 6) is 0.000681. The number of nitrogens with one attached hydrogen (secondary N) is 1. The summed E-state index contributed by atoms with van der Waals surface area (Å²) in [5, 5.41) is 3.03. The van der Waals surface area contributed by atoms with Crippen molar-refractivity contribution in [3.05, 3.63) is 65.2 Å². The van der Waals surface area contributed by atoms with Crippen LogP contribution in [-0.2, 0) is 11.3 Å². The number of hydrogen-bond acceptors (Lipinski definition) is 4. The normalized spacial score (nSPS) is 14.8. The van der Waals surface area contributed by atoms with Crippen molar-refractivity contribution in [2.45, 2.75) is 26.4 Å². The summed E-state index contributed by atoms with van der Waals surface area (Å²) in [4.78, 5) is 17.2. The molecule has 1 N–H and O–H groups in total. The molecule has 2 aromatic carbocycles. The van der Waals surface area contributed by atoms with Crippen molar-refractivity contribution < 1.29 is 9.53 Å². The molecule has 1 aliphatic heterocycles. The molecular weight excluding hydrogens is 362 g/mol. The number of hydrogen-bond donors (Lipinski definition) is 1. The van der Waals surface area contributed by atoms with Crippen LogP contribution in [0.5, 0.6) is 0 Å². The van der Waals surface area contributed by atoms with Crippen molar-refractivity contribution >= 4 is 11.6 Å². The summed E-state index contributed by atoms with van der Waals surface area (Å²) in [7, 11) is 1.67. The number of methoxy groups -OCH3 is 1. The maximum absolute atomic E-state index is 12.2. The summed E-state index contributed by atoms with van der Waals surface area (Å²) in [6, 6.07) is 16.4. The van der Waals surface area contributed by atoms with E-state index in [1.807, 2.05) is 24.3 Å². The Morgan fingerprint density at radius 2 is 1.79 bits per heavy atom. The number of benzene rings is 2. The third-order valence-electron chi connectivity index (χ3n) is 5.45. The van der Waals surface area contributed by atoms with E-state index in [1.165, 1.54) is 11.3 Å². The Morgan fingerprint density at radius 1 is 1.03 bits per heavy atom. The molecule has 1 amide bonds. The van der Waals surface area contributed by atoms with Gasteiger partial charge in [-0.05, 0) is 61.7 Å². The van der Waals surface area contributed by atoms with Crippen LogP contribution < -0.4 is 10.2 Å². The van der Waals surface area contributed by atoms with Crippen LogP contribution in [0, 0.1) is 6.92 Å². The maximum atomic E-state index is 12.2. The first-order valence-corrected chi connectivity index (χ1v) is 10.6. The predicted molar refractivity (Wildman–Crippen MR) is 119 cm³/mol. The molecule has 1 aliphatic rings. The lowest BCUT2D eigenvalue weighted by molar-refractivity contribution is 0.0952. The van der Waals surface area contributed by atoms with E-state index in [0.29, 0.717) is 12.2 Å². The zero-order valence-electron chi connectivity index (χ0n) is 17.7. The van der Waals surface area contributed by atoms with E-state index in [0.717, 1.165) is 57.7 Å². The number of amides is 1. The number of rotatable bonds is 9. The number of ether oxygens (including phenoxy) is 1. The van der Waals surface area contributed by atoms with E-state index < -0.39 is 0 Å². The summed E-state index contributed by atoms with van der Waals surface area (Å²) in [6.07, 6.45) is 2.11. The van der Waals surface area contributed by atoms with Crippen LogP contribution >= 0.6 is 0 Å². The lowest BCUT2D eigenvalue weighted by Gasteiger charge is -2.36. The van der Waals surface area contributed by atoms with Gasteiger partial charge in [0.2, 0.25) is 0 Å². The molecule has 0 unspecified atom stereocenters. The number of carbonyl (C=O) groups excluding carboxylic acids is 1. The smallest absolute Gasteiger partial charge is 0.251 e. The zero-order chi connectivity index (χ0) is 20.5. The Balaban J connectivity index is 1.29. The molecule has 1 saturated heterocycles. The molecule has 0 aromatic heterocycles. The highest BCUT2D eigenvalue weighted by Gasteiger charge is 2.16. The molecule has 156 valence electrons. The SMILES string of the molecule is COCc1ccc(C(=O)NCCCCN2CCN(c3cccc(C)c3)CC2)cc1. The average Bonchev–Trinajstić information content (AvgIpc) is 2.74. The first kappa shape index (κ1) is 21.3. The van der Waals surface area contributed by atoms with Gasteiger partial charge >= 0.3 is 0 Å². The second kappa shape index (κ2) is 11.0. The highest BCUT2D eigenvalue weighted by atomic mass is 16.5. The van der Waals surface area contributed by atoms with E-state index in [1.54, 1.807) is 7.11 Å². The number of carbonyl (C=O) groups is 1. The molecule has 2 aromatic rings. The molecule has 0 aliphatic carbocycles. The molecule has 29 heavy (non-hydrogen) atoms. The minimum Gasteiger partial charge on any atom is -0.380 e. The molecule has 0 spiro atoms. The third-order valence-corrected chi connectivity index (χ3v) is 5.45. The largest absolute Gasteiger partial charge is 0.380 e. The van der Waals surface area contributed by atoms with Crippen LogP contribution in [0.3, 0.4) is 0 Å². The van der Waals surface area contributed by atoms with Crippen molar-refractivity contribution in [2.75, 3.05) is 51.3 Å². The minimum absolute atomic E-state index is 0.000681. The molecular formula is C24H33N3O2. The van der Waals surface area contributed by atoms with Crippen LogP contribution in [0.4, 0.5) is 5.69 Å². The van der Waals surface area contributed by atoms with Crippen molar-refractivity contribution in [3.63, 3.8) is 0 Å². The molecule has 0 bridgehead atoms. The van der Waals surface area contributed by atoms with Gasteiger partial charge in [0.15, 0.2) is 0 Å². The summed E-state index contributed by atoms with van der Waals surface area (Å²) in [5.41, 5.74) is 4.43. The van der Waals surface area contributed by atoms with E-state index >= 15 is 0 Å². The molecule has 5 nitrogen and oxygen atoms in total. The molecule has 5 heteroatoms. The van der Waals surface area contributed by atoms with Gasteiger partial charge in [0.25, 0.3) is 5.91 Å². The molecule has 0 saturated carbocycles. The highest BCUT2D eigenvalue weighted by molar-refractivity contribution is 5.94. The maximum Gasteiger partial charge on any atom is 0.251 e. The fourth-order valence-electron chi connectivity index (χ4n) is 3.74. The van der Waals surface area contributed by atoms with Gasteiger partial charge in [0.1, 0.15) is 0 Å². The monoisotopic (exact) mass is 395 g/mol. The standard InChI is InChI=1S/C24H33N3O2/c1-20-6-5-7-23(18-20)27-16-14-26(15-17-27)13-4-3-12-25-24(28)22-10-8-21(9-11-22)19-29-2/h5-11,18H,3-4,12-17,19H2,1-2H3,(H,25,28). The number of anilines is 1. The second-order valence-electron chi connectivity index (χ2n) is 7.76. The van der Waals surface area contributed by atoms with Crippen LogP contribution in [0.15, 0.2) is 48.5 Å². The minimum atomic E-state index is 0.000681. The van der Waals surface area contributed by atoms with Gasteiger partial charge in [-0.1, -0.05) is 24.3 Å². The van der Waals surface area contributed by atoms with Crippen LogP contribution in [-0.4, -0.2) is 57.2 Å². The van der Waals surface area contributed by atoms with Crippen LogP contribution in [0.2, 0.25) is 0 Å². The van der Waals surface area contributed by atoms with Gasteiger partial charge in [-0.3, -0.25) is 9.69 Å². The fraction of sp³-hybridized carbons (Fsp3) is 0.458. The lowest BCUT2D eigenvalue weighted by atomic mass is 10.1. The van der Waals surface area contributed by atoms with Crippen molar-refractivity contribution in [1.82, 2.24) is 10.2 Å². The fourth-order valence-corrected chi connectivity index (χ4v) is 3.74. The van der Waals surface area contributed by atoms with Crippen molar-refractivity contribution in [1.29, 1.82) is 0 Å². The summed E-state index contributed by atoms with van der Waals surface area (Å²) < 4.78 is 5.10. The Labute approximate surface area is 174 Å². The molecule has 1 fully saturated rings. The summed E-state index contributed by atoms with van der Waals surface area (Å²) >= 11 is 0. The quantitative estimate of drug-likeness (QED) is 0.661. The van der Waals surface area contributed by atoms with Gasteiger partial charge < -0.3 is 15.0 Å². The van der Waals surface area contributed by atoms with E-state index in [4.69, 9.17) is 4.74 Å². The summed E-state index contributed by atoms with van der Waals surface area (Å²) in [6.45, 7) is 8.92. The second-order valence-corrected chi connectivity index (χ2v) is 7.76. The first-order valence-electron chi connectivity index (χ1n) is 10.6. The molecule has 0 radical (unpaired) electrons. The highest BCUT2D eigenvalue weighted by Crippen LogP contribution is 2.17. The number of aryl methyl sites for hydroxylation is 1. The van der Waals surface area contributed by atoms with Gasteiger partial charge in [0.05, 0.1) is 6.61 Å². The third kappa shape index (κ3) is 6.58. The Kier molecular flexibility index (Phi) is 8.08. The lowest BCUT2D eigenvalue weighted by Crippen LogP contribution is -2.46. The number of piperazine rings is 1. The van der Waals surface area contributed by atoms with Gasteiger partial charge in [-0.2, -0.15) is 0 Å². The number of nitrogens with zero attached hydrogens (tertiary/aromatic N) is 2. The van der Waals surface area contributed by atoms with Crippen molar-refractivity contribution in [2.24, 2.45) is 0 Å². The Bertz CT molecular complexity index is 768. The van der Waals surface area contributed by atoms with E-state index in [-0.39, 0.29) is 5.91 Å². The topological polar surface area (TPSA) is 44.8 Å². The average molecular weight is 396 g/mol. The van der Waals surface area contributed by atoms with Crippen LogP contribution in [0.25, 0.3) is 0 Å². The molecule has 1 heterocycles. The van der Waals surface area contributed by atoms with Crippen molar-refractivity contribution in [3.8, 4) is 0 Å². The van der Waals surface area contributed by atoms with E-state index in [9.17, 15) is 4.79 Å². The zero-order valence-corrected chi connectivity index (χ0v) is 17.7. The van der Waals surface area contributed by atoms with Gasteiger partial charge in [-0.25, -0.2) is 0 Å². The van der Waals surface area contributed by atoms with Gasteiger partial charge in [-0.15, -0.1) is 0 Å². The Morgan fingerprint density at radius 3 is 2.48 bits per heavy atom. The predicted octanol–water partition coefficient (Wildman–Crippen LogP) is 3.47. The number of unbranched alkanes of at least 4 members (excludes halogenated alkanes) is 1. The van der Waals surface area contributed by atoms with Crippen LogP contribution in [0.1, 0.15) is 34.3 Å².